The Balaban J connectivity index is 1.86. The van der Waals surface area contributed by atoms with Crippen molar-refractivity contribution in [3.63, 3.8) is 0 Å². The third-order valence-electron chi connectivity index (χ3n) is 6.30. The fourth-order valence-corrected chi connectivity index (χ4v) is 4.50. The first-order valence-electron chi connectivity index (χ1n) is 11.7. The molecule has 34 heavy (non-hydrogen) atoms. The first kappa shape index (κ1) is 23.7. The van der Waals surface area contributed by atoms with Crippen molar-refractivity contribution in [1.82, 2.24) is 4.90 Å². The van der Waals surface area contributed by atoms with Gasteiger partial charge in [0, 0.05) is 12.1 Å². The summed E-state index contributed by atoms with van der Waals surface area (Å²) >= 11 is 0. The largest absolute Gasteiger partial charge is 0.507 e. The molecule has 0 saturated carbocycles. The van der Waals surface area contributed by atoms with E-state index in [-0.39, 0.29) is 17.3 Å². The normalized spacial score (nSPS) is 19.1. The number of aliphatic hydroxyl groups excluding tert-OH is 1. The average Bonchev–Trinajstić information content (AvgIpc) is 3.11. The minimum Gasteiger partial charge on any atom is -0.507 e. The van der Waals surface area contributed by atoms with Gasteiger partial charge in [-0.1, -0.05) is 33.3 Å². The number of carbonyl (C=O) groups is 2. The van der Waals surface area contributed by atoms with Gasteiger partial charge in [-0.2, -0.15) is 0 Å². The molecule has 0 bridgehead atoms. The number of hydrogen-bond acceptors (Lipinski definition) is 6. The highest BCUT2D eigenvalue weighted by molar-refractivity contribution is 6.46. The van der Waals surface area contributed by atoms with E-state index in [1.807, 2.05) is 32.9 Å². The van der Waals surface area contributed by atoms with Crippen LogP contribution >= 0.6 is 0 Å². The summed E-state index contributed by atoms with van der Waals surface area (Å²) in [6, 6.07) is 9.99. The van der Waals surface area contributed by atoms with E-state index >= 15 is 0 Å². The average molecular weight is 466 g/mol. The highest BCUT2D eigenvalue weighted by atomic mass is 16.6. The number of unbranched alkanes of at least 4 members (excludes halogenated alkanes) is 1. The molecule has 2 aliphatic heterocycles. The Morgan fingerprint density at radius 1 is 1.12 bits per heavy atom. The minimum absolute atomic E-state index is 0.0812. The molecule has 1 fully saturated rings. The third-order valence-corrected chi connectivity index (χ3v) is 6.30. The fraction of sp³-hybridized carbons (Fsp3) is 0.407. The van der Waals surface area contributed by atoms with Gasteiger partial charge in [0.25, 0.3) is 11.7 Å². The lowest BCUT2D eigenvalue weighted by Gasteiger charge is -2.27. The Hall–Kier alpha value is -3.48. The SMILES string of the molecule is CCCCN1C(=O)C(=O)/C(=C(/O)c2ccc(OC)c(C(C)C)c2)C1c1ccc2c(c1)OCCO2. The number of carbonyl (C=O) groups excluding carboxylic acids is 2. The number of likely N-dealkylation sites (tertiary alicyclic amines) is 1. The fourth-order valence-electron chi connectivity index (χ4n) is 4.50. The molecule has 7 heteroatoms. The van der Waals surface area contributed by atoms with E-state index in [0.717, 1.165) is 18.4 Å². The number of Topliss-reactive ketones (excluding diaryl/α,β-unsaturated/α-hetero) is 1. The van der Waals surface area contributed by atoms with Crippen molar-refractivity contribution in [3.05, 3.63) is 58.7 Å². The number of rotatable bonds is 7. The molecule has 1 atom stereocenters. The Morgan fingerprint density at radius 2 is 1.85 bits per heavy atom. The highest BCUT2D eigenvalue weighted by Gasteiger charge is 2.46. The maximum absolute atomic E-state index is 13.2. The quantitative estimate of drug-likeness (QED) is 0.359. The van der Waals surface area contributed by atoms with Crippen molar-refractivity contribution in [1.29, 1.82) is 0 Å². The molecule has 2 heterocycles. The first-order valence-corrected chi connectivity index (χ1v) is 11.7. The Morgan fingerprint density at radius 3 is 2.53 bits per heavy atom. The summed E-state index contributed by atoms with van der Waals surface area (Å²) in [7, 11) is 1.60. The third kappa shape index (κ3) is 4.22. The highest BCUT2D eigenvalue weighted by Crippen LogP contribution is 2.43. The molecule has 2 aromatic carbocycles. The topological polar surface area (TPSA) is 85.3 Å². The van der Waals surface area contributed by atoms with Crippen LogP contribution in [0.4, 0.5) is 0 Å². The number of nitrogens with zero attached hydrogens (tertiary/aromatic N) is 1. The lowest BCUT2D eigenvalue weighted by atomic mass is 9.93. The van der Waals surface area contributed by atoms with Crippen LogP contribution in [0.25, 0.3) is 5.76 Å². The maximum atomic E-state index is 13.2. The summed E-state index contributed by atoms with van der Waals surface area (Å²) in [6.07, 6.45) is 1.61. The smallest absolute Gasteiger partial charge is 0.295 e. The van der Waals surface area contributed by atoms with Crippen molar-refractivity contribution in [2.45, 2.75) is 45.6 Å². The monoisotopic (exact) mass is 465 g/mol. The second-order valence-corrected chi connectivity index (χ2v) is 8.86. The molecular formula is C27H31NO6. The molecule has 2 aliphatic rings. The predicted octanol–water partition coefficient (Wildman–Crippen LogP) is 4.81. The van der Waals surface area contributed by atoms with Gasteiger partial charge in [0.1, 0.15) is 24.7 Å². The van der Waals surface area contributed by atoms with Crippen molar-refractivity contribution in [2.24, 2.45) is 0 Å². The second kappa shape index (κ2) is 9.79. The number of benzene rings is 2. The molecule has 1 unspecified atom stereocenters. The standard InChI is InChI=1S/C27H31NO6/c1-5-6-11-28-24(17-7-10-21-22(15-17)34-13-12-33-21)23(26(30)27(28)31)25(29)18-8-9-20(32-4)19(14-18)16(2)3/h7-10,14-16,24,29H,5-6,11-13H2,1-4H3/b25-23+. The molecule has 0 radical (unpaired) electrons. The molecule has 0 spiro atoms. The zero-order valence-corrected chi connectivity index (χ0v) is 20.1. The van der Waals surface area contributed by atoms with Crippen LogP contribution < -0.4 is 14.2 Å². The van der Waals surface area contributed by atoms with Gasteiger partial charge in [0.05, 0.1) is 18.7 Å². The van der Waals surface area contributed by atoms with Gasteiger partial charge >= 0.3 is 0 Å². The first-order chi connectivity index (χ1) is 16.4. The van der Waals surface area contributed by atoms with Gasteiger partial charge in [0.2, 0.25) is 0 Å². The van der Waals surface area contributed by atoms with Gasteiger partial charge in [-0.25, -0.2) is 0 Å². The van der Waals surface area contributed by atoms with Crippen LogP contribution in [0.5, 0.6) is 17.2 Å². The van der Waals surface area contributed by atoms with Gasteiger partial charge in [0.15, 0.2) is 11.5 Å². The number of aliphatic hydroxyl groups is 1. The van der Waals surface area contributed by atoms with Gasteiger partial charge in [-0.3, -0.25) is 9.59 Å². The maximum Gasteiger partial charge on any atom is 0.295 e. The minimum atomic E-state index is -0.716. The molecule has 0 aliphatic carbocycles. The molecule has 0 aromatic heterocycles. The summed E-state index contributed by atoms with van der Waals surface area (Å²) in [6.45, 7) is 7.39. The van der Waals surface area contributed by atoms with E-state index in [1.165, 1.54) is 0 Å². The summed E-state index contributed by atoms with van der Waals surface area (Å²) in [5.74, 6) is 0.555. The van der Waals surface area contributed by atoms with Crippen LogP contribution in [-0.4, -0.2) is 48.6 Å². The summed E-state index contributed by atoms with van der Waals surface area (Å²) < 4.78 is 16.8. The van der Waals surface area contributed by atoms with Gasteiger partial charge in [-0.05, 0) is 53.8 Å². The van der Waals surface area contributed by atoms with Crippen molar-refractivity contribution in [2.75, 3.05) is 26.9 Å². The van der Waals surface area contributed by atoms with E-state index in [2.05, 4.69) is 0 Å². The number of fused-ring (bicyclic) bond motifs is 1. The van der Waals surface area contributed by atoms with Crippen molar-refractivity contribution >= 4 is 17.4 Å². The molecule has 180 valence electrons. The number of methoxy groups -OCH3 is 1. The predicted molar refractivity (Wildman–Crippen MR) is 128 cm³/mol. The van der Waals surface area contributed by atoms with E-state index < -0.39 is 17.7 Å². The van der Waals surface area contributed by atoms with E-state index in [9.17, 15) is 14.7 Å². The molecule has 1 amide bonds. The second-order valence-electron chi connectivity index (χ2n) is 8.86. The van der Waals surface area contributed by atoms with Crippen LogP contribution in [0.15, 0.2) is 42.0 Å². The van der Waals surface area contributed by atoms with E-state index in [1.54, 1.807) is 36.3 Å². The molecular weight excluding hydrogens is 434 g/mol. The van der Waals surface area contributed by atoms with Crippen molar-refractivity contribution in [3.8, 4) is 17.2 Å². The summed E-state index contributed by atoms with van der Waals surface area (Å²) in [5, 5.41) is 11.4. The summed E-state index contributed by atoms with van der Waals surface area (Å²) in [5.41, 5.74) is 2.15. The molecule has 1 saturated heterocycles. The molecule has 1 N–H and O–H groups in total. The van der Waals surface area contributed by atoms with E-state index in [0.29, 0.717) is 48.1 Å². The zero-order chi connectivity index (χ0) is 24.4. The molecule has 4 rings (SSSR count). The number of ketones is 1. The van der Waals surface area contributed by atoms with Gasteiger partial charge < -0.3 is 24.2 Å². The van der Waals surface area contributed by atoms with Crippen LogP contribution in [0.1, 0.15) is 62.3 Å². The van der Waals surface area contributed by atoms with Crippen LogP contribution in [0, 0.1) is 0 Å². The Labute approximate surface area is 199 Å². The number of amides is 1. The Bertz CT molecular complexity index is 1140. The van der Waals surface area contributed by atoms with Crippen LogP contribution in [0.3, 0.4) is 0 Å². The summed E-state index contributed by atoms with van der Waals surface area (Å²) in [4.78, 5) is 27.8. The van der Waals surface area contributed by atoms with Crippen LogP contribution in [0.2, 0.25) is 0 Å². The lowest BCUT2D eigenvalue weighted by Crippen LogP contribution is -2.30. The molecule has 7 nitrogen and oxygen atoms in total. The molecule has 2 aromatic rings. The lowest BCUT2D eigenvalue weighted by molar-refractivity contribution is -0.139. The van der Waals surface area contributed by atoms with Gasteiger partial charge in [-0.15, -0.1) is 0 Å². The Kier molecular flexibility index (Phi) is 6.82. The van der Waals surface area contributed by atoms with E-state index in [4.69, 9.17) is 14.2 Å². The number of hydrogen-bond donors (Lipinski definition) is 1. The number of ether oxygens (including phenoxy) is 3. The zero-order valence-electron chi connectivity index (χ0n) is 20.1. The van der Waals surface area contributed by atoms with Crippen LogP contribution in [-0.2, 0) is 9.59 Å². The van der Waals surface area contributed by atoms with Crippen molar-refractivity contribution < 1.29 is 28.9 Å².